The van der Waals surface area contributed by atoms with Gasteiger partial charge in [-0.05, 0) is 30.7 Å². The molecule has 2 N–H and O–H groups in total. The zero-order valence-corrected chi connectivity index (χ0v) is 9.15. The summed E-state index contributed by atoms with van der Waals surface area (Å²) in [6, 6.07) is 6.70. The first-order valence-corrected chi connectivity index (χ1v) is 5.20. The quantitative estimate of drug-likeness (QED) is 0.854. The van der Waals surface area contributed by atoms with Gasteiger partial charge in [-0.1, -0.05) is 12.1 Å². The lowest BCUT2D eigenvalue weighted by atomic mass is 10.1. The third-order valence-electron chi connectivity index (χ3n) is 2.56. The van der Waals surface area contributed by atoms with Crippen LogP contribution in [-0.4, -0.2) is 16.3 Å². The van der Waals surface area contributed by atoms with Gasteiger partial charge in [-0.2, -0.15) is 5.10 Å². The fourth-order valence-electron chi connectivity index (χ4n) is 1.82. The van der Waals surface area contributed by atoms with E-state index in [9.17, 15) is 4.39 Å². The highest BCUT2D eigenvalue weighted by Gasteiger charge is 2.13. The molecule has 84 valence electrons. The van der Waals surface area contributed by atoms with Crippen molar-refractivity contribution in [2.24, 2.45) is 12.8 Å². The second-order valence-corrected chi connectivity index (χ2v) is 3.66. The van der Waals surface area contributed by atoms with Crippen LogP contribution in [-0.2, 0) is 13.5 Å². The third kappa shape index (κ3) is 1.84. The minimum Gasteiger partial charge on any atom is -0.330 e. The molecule has 0 saturated carbocycles. The van der Waals surface area contributed by atoms with Crippen LogP contribution in [0, 0.1) is 5.82 Å². The van der Waals surface area contributed by atoms with Crippen molar-refractivity contribution in [1.29, 1.82) is 0 Å². The summed E-state index contributed by atoms with van der Waals surface area (Å²) in [6.07, 6.45) is 2.45. The Morgan fingerprint density at radius 2 is 2.12 bits per heavy atom. The van der Waals surface area contributed by atoms with Crippen LogP contribution >= 0.6 is 0 Å². The lowest BCUT2D eigenvalue weighted by molar-refractivity contribution is 0.627. The molecule has 0 aliphatic carbocycles. The van der Waals surface area contributed by atoms with E-state index in [1.54, 1.807) is 23.0 Å². The monoisotopic (exact) mass is 219 g/mol. The van der Waals surface area contributed by atoms with Gasteiger partial charge in [0.25, 0.3) is 0 Å². The molecule has 0 fully saturated rings. The number of benzene rings is 1. The number of nitrogens with zero attached hydrogens (tertiary/aromatic N) is 2. The molecule has 0 saturated heterocycles. The first-order chi connectivity index (χ1) is 7.74. The van der Waals surface area contributed by atoms with Gasteiger partial charge in [-0.25, -0.2) is 4.39 Å². The first kappa shape index (κ1) is 10.8. The SMILES string of the molecule is Cn1ncc(CCN)c1-c1ccccc1F. The van der Waals surface area contributed by atoms with Crippen molar-refractivity contribution in [2.75, 3.05) is 6.54 Å². The minimum absolute atomic E-state index is 0.232. The van der Waals surface area contributed by atoms with E-state index >= 15 is 0 Å². The Balaban J connectivity index is 2.54. The van der Waals surface area contributed by atoms with Crippen molar-refractivity contribution in [3.8, 4) is 11.3 Å². The molecular formula is C12H14FN3. The number of halogens is 1. The molecule has 3 nitrogen and oxygen atoms in total. The predicted octanol–water partition coefficient (Wildman–Crippen LogP) is 1.73. The number of aryl methyl sites for hydroxylation is 1. The normalized spacial score (nSPS) is 10.7. The van der Waals surface area contributed by atoms with Crippen molar-refractivity contribution in [1.82, 2.24) is 9.78 Å². The Kier molecular flexibility index (Phi) is 3.01. The largest absolute Gasteiger partial charge is 0.330 e. The first-order valence-electron chi connectivity index (χ1n) is 5.20. The molecule has 0 bridgehead atoms. The van der Waals surface area contributed by atoms with Crippen molar-refractivity contribution < 1.29 is 4.39 Å². The third-order valence-corrected chi connectivity index (χ3v) is 2.56. The Morgan fingerprint density at radius 3 is 2.81 bits per heavy atom. The Labute approximate surface area is 93.7 Å². The summed E-state index contributed by atoms with van der Waals surface area (Å²) in [6.45, 7) is 0.535. The van der Waals surface area contributed by atoms with Crippen LogP contribution in [0.2, 0.25) is 0 Å². The van der Waals surface area contributed by atoms with Crippen molar-refractivity contribution in [3.63, 3.8) is 0 Å². The van der Waals surface area contributed by atoms with Gasteiger partial charge in [0.2, 0.25) is 0 Å². The van der Waals surface area contributed by atoms with E-state index in [0.29, 0.717) is 18.5 Å². The maximum atomic E-state index is 13.7. The summed E-state index contributed by atoms with van der Waals surface area (Å²) >= 11 is 0. The van der Waals surface area contributed by atoms with Crippen molar-refractivity contribution in [3.05, 3.63) is 41.8 Å². The van der Waals surface area contributed by atoms with E-state index in [1.165, 1.54) is 6.07 Å². The molecular weight excluding hydrogens is 205 g/mol. The molecule has 0 atom stereocenters. The van der Waals surface area contributed by atoms with Crippen LogP contribution in [0.5, 0.6) is 0 Å². The number of hydrogen-bond donors (Lipinski definition) is 1. The Hall–Kier alpha value is -1.68. The van der Waals surface area contributed by atoms with Crippen molar-refractivity contribution in [2.45, 2.75) is 6.42 Å². The molecule has 0 radical (unpaired) electrons. The molecule has 16 heavy (non-hydrogen) atoms. The lowest BCUT2D eigenvalue weighted by Crippen LogP contribution is -2.04. The van der Waals surface area contributed by atoms with Crippen LogP contribution in [0.15, 0.2) is 30.5 Å². The second kappa shape index (κ2) is 4.45. The van der Waals surface area contributed by atoms with E-state index in [-0.39, 0.29) is 5.82 Å². The zero-order valence-electron chi connectivity index (χ0n) is 9.15. The molecule has 0 amide bonds. The number of aromatic nitrogens is 2. The van der Waals surface area contributed by atoms with Crippen LogP contribution in [0.4, 0.5) is 4.39 Å². The molecule has 4 heteroatoms. The average Bonchev–Trinajstić information content (AvgIpc) is 2.62. The summed E-state index contributed by atoms with van der Waals surface area (Å²) in [7, 11) is 1.81. The minimum atomic E-state index is -0.232. The van der Waals surface area contributed by atoms with E-state index in [2.05, 4.69) is 5.10 Å². The van der Waals surface area contributed by atoms with Gasteiger partial charge in [-0.3, -0.25) is 4.68 Å². The summed E-state index contributed by atoms with van der Waals surface area (Å²) < 4.78 is 15.4. The highest BCUT2D eigenvalue weighted by molar-refractivity contribution is 5.64. The van der Waals surface area contributed by atoms with Gasteiger partial charge < -0.3 is 5.73 Å². The zero-order chi connectivity index (χ0) is 11.5. The molecule has 0 aliphatic heterocycles. The van der Waals surface area contributed by atoms with Gasteiger partial charge in [0.1, 0.15) is 5.82 Å². The molecule has 1 heterocycles. The van der Waals surface area contributed by atoms with Crippen LogP contribution < -0.4 is 5.73 Å². The summed E-state index contributed by atoms with van der Waals surface area (Å²) in [5, 5.41) is 4.15. The van der Waals surface area contributed by atoms with Crippen LogP contribution in [0.25, 0.3) is 11.3 Å². The van der Waals surface area contributed by atoms with Gasteiger partial charge in [0.05, 0.1) is 11.9 Å². The molecule has 2 aromatic rings. The smallest absolute Gasteiger partial charge is 0.132 e. The summed E-state index contributed by atoms with van der Waals surface area (Å²) in [5.74, 6) is -0.232. The van der Waals surface area contributed by atoms with Crippen LogP contribution in [0.1, 0.15) is 5.56 Å². The topological polar surface area (TPSA) is 43.8 Å². The van der Waals surface area contributed by atoms with Gasteiger partial charge in [0.15, 0.2) is 0 Å². The Morgan fingerprint density at radius 1 is 1.38 bits per heavy atom. The molecule has 1 aromatic carbocycles. The summed E-state index contributed by atoms with van der Waals surface area (Å²) in [5.41, 5.74) is 7.89. The van der Waals surface area contributed by atoms with E-state index < -0.39 is 0 Å². The van der Waals surface area contributed by atoms with E-state index in [1.807, 2.05) is 13.1 Å². The number of hydrogen-bond acceptors (Lipinski definition) is 2. The van der Waals surface area contributed by atoms with Gasteiger partial charge >= 0.3 is 0 Å². The molecule has 1 aromatic heterocycles. The highest BCUT2D eigenvalue weighted by Crippen LogP contribution is 2.25. The molecule has 0 aliphatic rings. The van der Waals surface area contributed by atoms with Crippen LogP contribution in [0.3, 0.4) is 0 Å². The summed E-state index contributed by atoms with van der Waals surface area (Å²) in [4.78, 5) is 0. The van der Waals surface area contributed by atoms with E-state index in [0.717, 1.165) is 11.3 Å². The molecule has 2 rings (SSSR count). The van der Waals surface area contributed by atoms with Crippen molar-refractivity contribution >= 4 is 0 Å². The molecule has 0 unspecified atom stereocenters. The maximum absolute atomic E-state index is 13.7. The van der Waals surface area contributed by atoms with Gasteiger partial charge in [-0.15, -0.1) is 0 Å². The second-order valence-electron chi connectivity index (χ2n) is 3.66. The standard InChI is InChI=1S/C12H14FN3/c1-16-12(9(6-7-14)8-15-16)10-4-2-3-5-11(10)13/h2-5,8H,6-7,14H2,1H3. The predicted molar refractivity (Wildman–Crippen MR) is 61.4 cm³/mol. The highest BCUT2D eigenvalue weighted by atomic mass is 19.1. The molecule has 0 spiro atoms. The number of nitrogens with two attached hydrogens (primary N) is 1. The Bertz CT molecular complexity index is 491. The maximum Gasteiger partial charge on any atom is 0.132 e. The number of rotatable bonds is 3. The van der Waals surface area contributed by atoms with Gasteiger partial charge in [0, 0.05) is 12.6 Å². The fourth-order valence-corrected chi connectivity index (χ4v) is 1.82. The lowest BCUT2D eigenvalue weighted by Gasteiger charge is -2.06. The van der Waals surface area contributed by atoms with E-state index in [4.69, 9.17) is 5.73 Å². The fraction of sp³-hybridized carbons (Fsp3) is 0.250. The average molecular weight is 219 g/mol.